The van der Waals surface area contributed by atoms with Gasteiger partial charge in [0.1, 0.15) is 17.4 Å². The molecule has 0 saturated heterocycles. The lowest BCUT2D eigenvalue weighted by Crippen LogP contribution is -2.05. The van der Waals surface area contributed by atoms with E-state index in [-0.39, 0.29) is 11.5 Å². The molecule has 0 saturated carbocycles. The summed E-state index contributed by atoms with van der Waals surface area (Å²) in [5, 5.41) is 10.6. The van der Waals surface area contributed by atoms with Gasteiger partial charge in [-0.25, -0.2) is 0 Å². The standard InChI is InChI=1S/C24H32O5S/c1-6-9-18-20(12-11-17(16(4)25)24(18)27-5)29-15-30-22-14-13-21(28-8-3)23(26)19(22)10-7-2/h11-14,26H,6-10,15H2,1-5H3. The van der Waals surface area contributed by atoms with Crippen molar-refractivity contribution in [1.29, 1.82) is 0 Å². The highest BCUT2D eigenvalue weighted by atomic mass is 32.2. The van der Waals surface area contributed by atoms with Gasteiger partial charge in [0.15, 0.2) is 17.3 Å². The number of benzene rings is 2. The number of phenols is 1. The van der Waals surface area contributed by atoms with Gasteiger partial charge in [-0.1, -0.05) is 38.5 Å². The van der Waals surface area contributed by atoms with Gasteiger partial charge < -0.3 is 19.3 Å². The zero-order valence-electron chi connectivity index (χ0n) is 18.5. The molecule has 0 aliphatic heterocycles. The molecule has 0 amide bonds. The van der Waals surface area contributed by atoms with Crippen LogP contribution in [0.2, 0.25) is 0 Å². The summed E-state index contributed by atoms with van der Waals surface area (Å²) in [4.78, 5) is 12.9. The monoisotopic (exact) mass is 432 g/mol. The third-order valence-corrected chi connectivity index (χ3v) is 5.66. The summed E-state index contributed by atoms with van der Waals surface area (Å²) in [5.41, 5.74) is 2.37. The first-order valence-electron chi connectivity index (χ1n) is 10.4. The second kappa shape index (κ2) is 11.7. The molecule has 0 aromatic heterocycles. The number of methoxy groups -OCH3 is 1. The molecule has 0 aliphatic carbocycles. The van der Waals surface area contributed by atoms with Crippen molar-refractivity contribution < 1.29 is 24.1 Å². The Balaban J connectivity index is 2.24. The summed E-state index contributed by atoms with van der Waals surface area (Å²) < 4.78 is 17.1. The molecule has 0 radical (unpaired) electrons. The number of hydrogen-bond acceptors (Lipinski definition) is 6. The molecule has 0 aliphatic rings. The predicted octanol–water partition coefficient (Wildman–Crippen LogP) is 6.04. The normalized spacial score (nSPS) is 10.7. The van der Waals surface area contributed by atoms with Gasteiger partial charge >= 0.3 is 0 Å². The zero-order valence-corrected chi connectivity index (χ0v) is 19.4. The Labute approximate surface area is 183 Å². The second-order valence-electron chi connectivity index (χ2n) is 6.91. The number of ketones is 1. The first-order chi connectivity index (χ1) is 14.5. The van der Waals surface area contributed by atoms with Gasteiger partial charge in [-0.05, 0) is 51.0 Å². The minimum Gasteiger partial charge on any atom is -0.504 e. The van der Waals surface area contributed by atoms with E-state index < -0.39 is 0 Å². The quantitative estimate of drug-likeness (QED) is 0.251. The van der Waals surface area contributed by atoms with Gasteiger partial charge in [-0.2, -0.15) is 0 Å². The molecule has 6 heteroatoms. The van der Waals surface area contributed by atoms with Crippen molar-refractivity contribution in [3.05, 3.63) is 41.0 Å². The molecule has 1 N–H and O–H groups in total. The van der Waals surface area contributed by atoms with Crippen molar-refractivity contribution in [3.8, 4) is 23.0 Å². The molecule has 0 bridgehead atoms. The summed E-state index contributed by atoms with van der Waals surface area (Å²) in [5.74, 6) is 2.39. The van der Waals surface area contributed by atoms with Crippen LogP contribution in [0.3, 0.4) is 0 Å². The molecule has 0 fully saturated rings. The van der Waals surface area contributed by atoms with Gasteiger partial charge in [-0.15, -0.1) is 0 Å². The van der Waals surface area contributed by atoms with Crippen LogP contribution in [0.25, 0.3) is 0 Å². The maximum atomic E-state index is 11.9. The first kappa shape index (κ1) is 23.9. The third kappa shape index (κ3) is 5.63. The van der Waals surface area contributed by atoms with E-state index in [9.17, 15) is 9.90 Å². The largest absolute Gasteiger partial charge is 0.504 e. The molecule has 30 heavy (non-hydrogen) atoms. The van der Waals surface area contributed by atoms with Crippen molar-refractivity contribution in [2.75, 3.05) is 19.7 Å². The SMILES string of the molecule is CCCc1c(SCOc2ccc(C(C)=O)c(OC)c2CCC)ccc(OCC)c1O. The van der Waals surface area contributed by atoms with E-state index >= 15 is 0 Å². The van der Waals surface area contributed by atoms with Crippen LogP contribution < -0.4 is 14.2 Å². The Bertz CT molecular complexity index is 863. The molecule has 0 heterocycles. The molecule has 0 spiro atoms. The Hall–Kier alpha value is -2.34. The summed E-state index contributed by atoms with van der Waals surface area (Å²) >= 11 is 1.53. The van der Waals surface area contributed by atoms with Crippen LogP contribution in [0, 0.1) is 0 Å². The van der Waals surface area contributed by atoms with Crippen LogP contribution in [-0.4, -0.2) is 30.5 Å². The minimum absolute atomic E-state index is 0.0285. The smallest absolute Gasteiger partial charge is 0.163 e. The topological polar surface area (TPSA) is 65.0 Å². The summed E-state index contributed by atoms with van der Waals surface area (Å²) in [6.07, 6.45) is 3.35. The van der Waals surface area contributed by atoms with Crippen LogP contribution in [0.15, 0.2) is 29.2 Å². The highest BCUT2D eigenvalue weighted by Crippen LogP contribution is 2.39. The summed E-state index contributed by atoms with van der Waals surface area (Å²) in [6, 6.07) is 7.36. The van der Waals surface area contributed by atoms with E-state index in [1.165, 1.54) is 18.7 Å². The molecular weight excluding hydrogens is 400 g/mol. The van der Waals surface area contributed by atoms with Gasteiger partial charge in [-0.3, -0.25) is 4.79 Å². The number of ether oxygens (including phenoxy) is 3. The fourth-order valence-electron chi connectivity index (χ4n) is 3.39. The fourth-order valence-corrected chi connectivity index (χ4v) is 4.24. The number of aromatic hydroxyl groups is 1. The Morgan fingerprint density at radius 3 is 2.23 bits per heavy atom. The Morgan fingerprint density at radius 1 is 0.967 bits per heavy atom. The van der Waals surface area contributed by atoms with Crippen LogP contribution in [0.4, 0.5) is 0 Å². The number of thioether (sulfide) groups is 1. The van der Waals surface area contributed by atoms with E-state index in [0.717, 1.165) is 47.5 Å². The first-order valence-corrected chi connectivity index (χ1v) is 11.4. The van der Waals surface area contributed by atoms with Gasteiger partial charge in [0, 0.05) is 16.0 Å². The molecule has 2 rings (SSSR count). The fraction of sp³-hybridized carbons (Fsp3) is 0.458. The van der Waals surface area contributed by atoms with Crippen LogP contribution in [0.1, 0.15) is 62.0 Å². The van der Waals surface area contributed by atoms with Crippen molar-refractivity contribution in [2.24, 2.45) is 0 Å². The molecule has 5 nitrogen and oxygen atoms in total. The van der Waals surface area contributed by atoms with Crippen LogP contribution in [-0.2, 0) is 12.8 Å². The van der Waals surface area contributed by atoms with E-state index in [2.05, 4.69) is 13.8 Å². The van der Waals surface area contributed by atoms with Gasteiger partial charge in [0.2, 0.25) is 0 Å². The number of rotatable bonds is 12. The van der Waals surface area contributed by atoms with Crippen molar-refractivity contribution in [3.63, 3.8) is 0 Å². The molecule has 2 aromatic rings. The number of carbonyl (C=O) groups excluding carboxylic acids is 1. The maximum Gasteiger partial charge on any atom is 0.163 e. The van der Waals surface area contributed by atoms with Crippen LogP contribution in [0.5, 0.6) is 23.0 Å². The number of phenolic OH excluding ortho intramolecular Hbond substituents is 1. The van der Waals surface area contributed by atoms with E-state index in [4.69, 9.17) is 14.2 Å². The number of carbonyl (C=O) groups is 1. The predicted molar refractivity (Wildman–Crippen MR) is 122 cm³/mol. The van der Waals surface area contributed by atoms with E-state index in [1.54, 1.807) is 19.2 Å². The van der Waals surface area contributed by atoms with Crippen molar-refractivity contribution >= 4 is 17.5 Å². The zero-order chi connectivity index (χ0) is 22.1. The lowest BCUT2D eigenvalue weighted by atomic mass is 10.0. The summed E-state index contributed by atoms with van der Waals surface area (Å²) in [6.45, 7) is 8.11. The minimum atomic E-state index is -0.0285. The molecule has 0 atom stereocenters. The summed E-state index contributed by atoms with van der Waals surface area (Å²) in [7, 11) is 1.58. The lowest BCUT2D eigenvalue weighted by Gasteiger charge is -2.18. The van der Waals surface area contributed by atoms with E-state index in [1.807, 2.05) is 19.1 Å². The van der Waals surface area contributed by atoms with E-state index in [0.29, 0.717) is 29.6 Å². The molecular formula is C24H32O5S. The van der Waals surface area contributed by atoms with Gasteiger partial charge in [0.05, 0.1) is 19.3 Å². The van der Waals surface area contributed by atoms with Gasteiger partial charge in [0.25, 0.3) is 0 Å². The highest BCUT2D eigenvalue weighted by Gasteiger charge is 2.18. The van der Waals surface area contributed by atoms with Crippen molar-refractivity contribution in [2.45, 2.75) is 58.3 Å². The van der Waals surface area contributed by atoms with Crippen LogP contribution >= 0.6 is 11.8 Å². The molecule has 0 unspecified atom stereocenters. The molecule has 164 valence electrons. The maximum absolute atomic E-state index is 11.9. The third-order valence-electron chi connectivity index (χ3n) is 4.73. The Kier molecular flexibility index (Phi) is 9.37. The highest BCUT2D eigenvalue weighted by molar-refractivity contribution is 7.99. The average molecular weight is 433 g/mol. The second-order valence-corrected chi connectivity index (χ2v) is 7.87. The molecule has 2 aromatic carbocycles. The average Bonchev–Trinajstić information content (AvgIpc) is 2.73. The van der Waals surface area contributed by atoms with Crippen molar-refractivity contribution in [1.82, 2.24) is 0 Å². The number of Topliss-reactive ketones (excluding diaryl/α,β-unsaturated/α-hetero) is 1. The lowest BCUT2D eigenvalue weighted by molar-refractivity contribution is 0.101. The Morgan fingerprint density at radius 2 is 1.63 bits per heavy atom. The number of hydrogen-bond donors (Lipinski definition) is 1.